The molecule has 1 aromatic heterocycles. The largest absolute Gasteiger partial charge is 0.389 e. The average Bonchev–Trinajstić information content (AvgIpc) is 2.39. The van der Waals surface area contributed by atoms with E-state index < -0.39 is 0 Å². The Morgan fingerprint density at radius 2 is 1.89 bits per heavy atom. The Hall–Kier alpha value is -2.21. The number of benzene rings is 1. The number of rotatable bonds is 4. The van der Waals surface area contributed by atoms with Gasteiger partial charge in [-0.25, -0.2) is 0 Å². The van der Waals surface area contributed by atoms with E-state index >= 15 is 0 Å². The molecule has 19 heavy (non-hydrogen) atoms. The van der Waals surface area contributed by atoms with Gasteiger partial charge in [0.25, 0.3) is 0 Å². The molecule has 5 nitrogen and oxygen atoms in total. The molecule has 6 heteroatoms. The zero-order valence-corrected chi connectivity index (χ0v) is 11.6. The van der Waals surface area contributed by atoms with Crippen molar-refractivity contribution in [2.45, 2.75) is 0 Å². The smallest absolute Gasteiger partial charge is 0.163 e. The molecule has 0 aliphatic heterocycles. The summed E-state index contributed by atoms with van der Waals surface area (Å²) in [6.45, 7) is 0. The molecule has 0 aliphatic carbocycles. The number of hydrogen-bond donors (Lipinski definition) is 2. The van der Waals surface area contributed by atoms with Gasteiger partial charge in [-0.05, 0) is 30.3 Å². The van der Waals surface area contributed by atoms with Gasteiger partial charge in [-0.15, -0.1) is 5.10 Å². The van der Waals surface area contributed by atoms with Gasteiger partial charge in [-0.1, -0.05) is 12.2 Å². The second kappa shape index (κ2) is 5.62. The van der Waals surface area contributed by atoms with Crippen molar-refractivity contribution in [2.75, 3.05) is 24.3 Å². The summed E-state index contributed by atoms with van der Waals surface area (Å²) in [6.07, 6.45) is 1.56. The topological polar surface area (TPSA) is 67.1 Å². The van der Waals surface area contributed by atoms with E-state index in [1.54, 1.807) is 12.3 Å². The van der Waals surface area contributed by atoms with Crippen LogP contribution in [0.25, 0.3) is 0 Å². The molecule has 0 aliphatic rings. The Labute approximate surface area is 117 Å². The van der Waals surface area contributed by atoms with Crippen LogP contribution in [0.2, 0.25) is 0 Å². The fraction of sp³-hybridized carbons (Fsp3) is 0.154. The Morgan fingerprint density at radius 3 is 2.47 bits per heavy atom. The molecule has 0 bridgehead atoms. The predicted octanol–water partition coefficient (Wildman–Crippen LogP) is 1.92. The van der Waals surface area contributed by atoms with Crippen molar-refractivity contribution in [1.82, 2.24) is 10.2 Å². The first-order chi connectivity index (χ1) is 9.08. The highest BCUT2D eigenvalue weighted by molar-refractivity contribution is 7.80. The van der Waals surface area contributed by atoms with Crippen LogP contribution in [0.4, 0.5) is 17.2 Å². The van der Waals surface area contributed by atoms with Gasteiger partial charge in [-0.2, -0.15) is 5.10 Å². The Morgan fingerprint density at radius 1 is 1.21 bits per heavy atom. The number of aromatic nitrogens is 2. The van der Waals surface area contributed by atoms with Gasteiger partial charge >= 0.3 is 0 Å². The average molecular weight is 273 g/mol. The molecule has 0 atom stereocenters. The molecular formula is C13H15N5S. The summed E-state index contributed by atoms with van der Waals surface area (Å²) in [6, 6.07) is 9.70. The minimum Gasteiger partial charge on any atom is -0.389 e. The number of anilines is 3. The summed E-state index contributed by atoms with van der Waals surface area (Å²) in [7, 11) is 3.99. The molecule has 0 radical (unpaired) electrons. The zero-order valence-electron chi connectivity index (χ0n) is 10.8. The van der Waals surface area contributed by atoms with Crippen LogP contribution < -0.4 is 16.0 Å². The van der Waals surface area contributed by atoms with Crippen molar-refractivity contribution < 1.29 is 0 Å². The number of nitrogens with one attached hydrogen (secondary N) is 1. The molecule has 0 spiro atoms. The minimum atomic E-state index is 0.294. The summed E-state index contributed by atoms with van der Waals surface area (Å²) in [5.41, 5.74) is 8.36. The second-order valence-corrected chi connectivity index (χ2v) is 4.66. The van der Waals surface area contributed by atoms with E-state index in [1.165, 1.54) is 0 Å². The molecule has 0 saturated carbocycles. The first-order valence-corrected chi connectivity index (χ1v) is 6.14. The minimum absolute atomic E-state index is 0.294. The maximum atomic E-state index is 5.65. The predicted molar refractivity (Wildman–Crippen MR) is 82.0 cm³/mol. The summed E-state index contributed by atoms with van der Waals surface area (Å²) in [4.78, 5) is 2.33. The highest BCUT2D eigenvalue weighted by atomic mass is 32.1. The number of thiocarbonyl (C=S) groups is 1. The number of nitrogens with two attached hydrogens (primary N) is 1. The normalized spacial score (nSPS) is 10.0. The molecule has 1 aromatic carbocycles. The standard InChI is InChI=1S/C13H15N5S/c1-18(2)10-5-3-9(4-6-10)16-13-11(12(14)19)7-8-15-17-13/h3-8H,1-2H3,(H2,14,19)(H,16,17). The molecule has 3 N–H and O–H groups in total. The first-order valence-electron chi connectivity index (χ1n) is 5.74. The summed E-state index contributed by atoms with van der Waals surface area (Å²) in [5, 5.41) is 11.0. The van der Waals surface area contributed by atoms with Crippen LogP contribution in [-0.2, 0) is 0 Å². The van der Waals surface area contributed by atoms with E-state index in [2.05, 4.69) is 15.5 Å². The van der Waals surface area contributed by atoms with Crippen molar-refractivity contribution in [1.29, 1.82) is 0 Å². The number of hydrogen-bond acceptors (Lipinski definition) is 5. The van der Waals surface area contributed by atoms with Crippen molar-refractivity contribution in [3.63, 3.8) is 0 Å². The van der Waals surface area contributed by atoms with Gasteiger partial charge < -0.3 is 16.0 Å². The van der Waals surface area contributed by atoms with Gasteiger partial charge in [0.15, 0.2) is 5.82 Å². The molecule has 98 valence electrons. The number of nitrogens with zero attached hydrogens (tertiary/aromatic N) is 3. The molecule has 0 unspecified atom stereocenters. The van der Waals surface area contributed by atoms with Crippen molar-refractivity contribution >= 4 is 34.4 Å². The lowest BCUT2D eigenvalue weighted by Gasteiger charge is -2.13. The van der Waals surface area contributed by atoms with Gasteiger partial charge in [0.2, 0.25) is 0 Å². The van der Waals surface area contributed by atoms with Gasteiger partial charge in [0.1, 0.15) is 4.99 Å². The Balaban J connectivity index is 2.24. The van der Waals surface area contributed by atoms with Crippen LogP contribution >= 0.6 is 12.2 Å². The summed E-state index contributed by atoms with van der Waals surface area (Å²) in [5.74, 6) is 0.563. The van der Waals surface area contributed by atoms with E-state index in [0.717, 1.165) is 11.4 Å². The van der Waals surface area contributed by atoms with E-state index in [0.29, 0.717) is 16.4 Å². The Kier molecular flexibility index (Phi) is 3.91. The fourth-order valence-corrected chi connectivity index (χ4v) is 1.77. The lowest BCUT2D eigenvalue weighted by atomic mass is 10.2. The van der Waals surface area contributed by atoms with Crippen LogP contribution in [0.5, 0.6) is 0 Å². The fourth-order valence-electron chi connectivity index (χ4n) is 1.60. The van der Waals surface area contributed by atoms with Crippen molar-refractivity contribution in [3.8, 4) is 0 Å². The molecule has 0 fully saturated rings. The Bertz CT molecular complexity index is 580. The second-order valence-electron chi connectivity index (χ2n) is 4.22. The molecule has 0 amide bonds. The highest BCUT2D eigenvalue weighted by Gasteiger charge is 2.07. The maximum absolute atomic E-state index is 5.65. The van der Waals surface area contributed by atoms with Crippen molar-refractivity contribution in [2.24, 2.45) is 5.73 Å². The van der Waals surface area contributed by atoms with E-state index in [-0.39, 0.29) is 0 Å². The van der Waals surface area contributed by atoms with Crippen LogP contribution in [0.1, 0.15) is 5.56 Å². The van der Waals surface area contributed by atoms with Crippen LogP contribution in [-0.4, -0.2) is 29.3 Å². The molecule has 2 rings (SSSR count). The van der Waals surface area contributed by atoms with E-state index in [1.807, 2.05) is 43.3 Å². The van der Waals surface area contributed by atoms with Crippen LogP contribution in [0.3, 0.4) is 0 Å². The summed E-state index contributed by atoms with van der Waals surface area (Å²) < 4.78 is 0. The highest BCUT2D eigenvalue weighted by Crippen LogP contribution is 2.20. The van der Waals surface area contributed by atoms with Gasteiger partial charge in [-0.3, -0.25) is 0 Å². The quantitative estimate of drug-likeness (QED) is 0.830. The summed E-state index contributed by atoms with van der Waals surface area (Å²) >= 11 is 4.98. The molecule has 1 heterocycles. The molecule has 2 aromatic rings. The zero-order chi connectivity index (χ0) is 13.8. The third kappa shape index (κ3) is 3.17. The third-order valence-electron chi connectivity index (χ3n) is 2.63. The van der Waals surface area contributed by atoms with Crippen molar-refractivity contribution in [3.05, 3.63) is 42.1 Å². The molecule has 0 saturated heterocycles. The van der Waals surface area contributed by atoms with Gasteiger partial charge in [0, 0.05) is 25.5 Å². The van der Waals surface area contributed by atoms with Crippen LogP contribution in [0.15, 0.2) is 36.5 Å². The first kappa shape index (κ1) is 13.2. The lowest BCUT2D eigenvalue weighted by molar-refractivity contribution is 1.03. The van der Waals surface area contributed by atoms with E-state index in [4.69, 9.17) is 18.0 Å². The third-order valence-corrected chi connectivity index (χ3v) is 2.85. The van der Waals surface area contributed by atoms with E-state index in [9.17, 15) is 0 Å². The van der Waals surface area contributed by atoms with Gasteiger partial charge in [0.05, 0.1) is 11.8 Å². The monoisotopic (exact) mass is 273 g/mol. The lowest BCUT2D eigenvalue weighted by Crippen LogP contribution is -2.13. The SMILES string of the molecule is CN(C)c1ccc(Nc2nnccc2C(N)=S)cc1. The molecular weight excluding hydrogens is 258 g/mol. The maximum Gasteiger partial charge on any atom is 0.163 e. The van der Waals surface area contributed by atoms with Crippen LogP contribution in [0, 0.1) is 0 Å².